The van der Waals surface area contributed by atoms with Crippen molar-refractivity contribution in [2.75, 3.05) is 39.3 Å². The molecule has 0 atom stereocenters. The Balaban J connectivity index is 1.49. The lowest BCUT2D eigenvalue weighted by Crippen LogP contribution is -2.48. The molecule has 24 heavy (non-hydrogen) atoms. The molecule has 1 aromatic heterocycles. The third-order valence-electron chi connectivity index (χ3n) is 4.34. The van der Waals surface area contributed by atoms with Gasteiger partial charge in [0.1, 0.15) is 6.61 Å². The minimum absolute atomic E-state index is 0.160. The van der Waals surface area contributed by atoms with E-state index in [1.165, 1.54) is 0 Å². The fourth-order valence-electron chi connectivity index (χ4n) is 2.86. The van der Waals surface area contributed by atoms with Crippen LogP contribution < -0.4 is 4.74 Å². The van der Waals surface area contributed by atoms with Crippen molar-refractivity contribution in [2.45, 2.75) is 13.8 Å². The van der Waals surface area contributed by atoms with Gasteiger partial charge in [-0.05, 0) is 19.1 Å². The van der Waals surface area contributed by atoms with Gasteiger partial charge < -0.3 is 9.64 Å². The maximum atomic E-state index is 11.3. The number of benzene rings is 1. The zero-order valence-electron chi connectivity index (χ0n) is 14.3. The van der Waals surface area contributed by atoms with Gasteiger partial charge in [0.2, 0.25) is 11.8 Å². The van der Waals surface area contributed by atoms with Crippen molar-refractivity contribution in [3.05, 3.63) is 42.1 Å². The number of hydrogen-bond acceptors (Lipinski definition) is 4. The van der Waals surface area contributed by atoms with E-state index in [2.05, 4.69) is 10.00 Å². The number of ether oxygens (including phenoxy) is 1. The number of aromatic nitrogens is 2. The second-order valence-electron chi connectivity index (χ2n) is 6.09. The normalized spacial score (nSPS) is 15.5. The summed E-state index contributed by atoms with van der Waals surface area (Å²) in [5.74, 6) is 0.842. The van der Waals surface area contributed by atoms with Gasteiger partial charge in [0, 0.05) is 51.4 Å². The molecular weight excluding hydrogens is 304 g/mol. The number of hydrogen-bond donors (Lipinski definition) is 0. The summed E-state index contributed by atoms with van der Waals surface area (Å²) in [7, 11) is 0. The smallest absolute Gasteiger partial charge is 0.236 e. The van der Waals surface area contributed by atoms with Gasteiger partial charge in [-0.2, -0.15) is 0 Å². The summed E-state index contributed by atoms with van der Waals surface area (Å²) in [5, 5.41) is 4.52. The van der Waals surface area contributed by atoms with Crippen molar-refractivity contribution in [3.63, 3.8) is 0 Å². The Morgan fingerprint density at radius 3 is 2.54 bits per heavy atom. The van der Waals surface area contributed by atoms with E-state index < -0.39 is 0 Å². The molecule has 128 valence electrons. The van der Waals surface area contributed by atoms with Crippen molar-refractivity contribution in [3.8, 4) is 11.6 Å². The Morgan fingerprint density at radius 1 is 1.17 bits per heavy atom. The van der Waals surface area contributed by atoms with E-state index in [0.717, 1.165) is 44.0 Å². The molecule has 2 heterocycles. The van der Waals surface area contributed by atoms with Gasteiger partial charge in [0.05, 0.1) is 5.69 Å². The molecule has 3 rings (SSSR count). The lowest BCUT2D eigenvalue weighted by atomic mass is 10.3. The highest BCUT2D eigenvalue weighted by Gasteiger charge is 2.18. The first-order valence-corrected chi connectivity index (χ1v) is 8.36. The van der Waals surface area contributed by atoms with Crippen LogP contribution in [0, 0.1) is 6.92 Å². The highest BCUT2D eigenvalue weighted by molar-refractivity contribution is 5.73. The molecule has 1 amide bonds. The number of rotatable bonds is 5. The minimum Gasteiger partial charge on any atom is -0.475 e. The van der Waals surface area contributed by atoms with Crippen molar-refractivity contribution in [1.29, 1.82) is 0 Å². The van der Waals surface area contributed by atoms with Crippen LogP contribution in [0.4, 0.5) is 0 Å². The first-order chi connectivity index (χ1) is 11.6. The van der Waals surface area contributed by atoms with Crippen LogP contribution in [0.1, 0.15) is 12.5 Å². The Hall–Kier alpha value is -2.34. The van der Waals surface area contributed by atoms with Crippen LogP contribution in [0.2, 0.25) is 0 Å². The van der Waals surface area contributed by atoms with Crippen LogP contribution in [0.25, 0.3) is 5.69 Å². The molecule has 0 radical (unpaired) electrons. The van der Waals surface area contributed by atoms with Gasteiger partial charge in [-0.15, -0.1) is 5.10 Å². The maximum absolute atomic E-state index is 11.3. The zero-order valence-corrected chi connectivity index (χ0v) is 14.3. The van der Waals surface area contributed by atoms with Gasteiger partial charge in [-0.3, -0.25) is 9.69 Å². The minimum atomic E-state index is 0.160. The summed E-state index contributed by atoms with van der Waals surface area (Å²) >= 11 is 0. The molecule has 0 unspecified atom stereocenters. The van der Waals surface area contributed by atoms with Crippen LogP contribution in [0.3, 0.4) is 0 Å². The number of carbonyl (C=O) groups is 1. The molecule has 1 aromatic carbocycles. The number of piperazine rings is 1. The molecule has 6 heteroatoms. The summed E-state index contributed by atoms with van der Waals surface area (Å²) in [4.78, 5) is 15.5. The molecule has 1 aliphatic heterocycles. The first kappa shape index (κ1) is 16.5. The van der Waals surface area contributed by atoms with E-state index in [-0.39, 0.29) is 5.91 Å². The molecule has 1 saturated heterocycles. The molecule has 0 bridgehead atoms. The summed E-state index contributed by atoms with van der Waals surface area (Å²) in [6.45, 7) is 8.50. The van der Waals surface area contributed by atoms with Gasteiger partial charge in [-0.25, -0.2) is 4.68 Å². The first-order valence-electron chi connectivity index (χ1n) is 8.36. The lowest BCUT2D eigenvalue weighted by Gasteiger charge is -2.33. The van der Waals surface area contributed by atoms with Crippen LogP contribution in [-0.4, -0.2) is 64.8 Å². The Bertz CT molecular complexity index is 676. The Morgan fingerprint density at radius 2 is 1.88 bits per heavy atom. The Labute approximate surface area is 142 Å². The molecule has 1 fully saturated rings. The molecular formula is C18H24N4O2. The molecule has 0 N–H and O–H groups in total. The number of nitrogens with zero attached hydrogens (tertiary/aromatic N) is 4. The van der Waals surface area contributed by atoms with Crippen LogP contribution in [-0.2, 0) is 4.79 Å². The van der Waals surface area contributed by atoms with Crippen molar-refractivity contribution < 1.29 is 9.53 Å². The number of aryl methyl sites for hydroxylation is 1. The monoisotopic (exact) mass is 328 g/mol. The average Bonchev–Trinajstić information content (AvgIpc) is 2.97. The molecule has 1 aliphatic rings. The van der Waals surface area contributed by atoms with E-state index in [4.69, 9.17) is 4.74 Å². The topological polar surface area (TPSA) is 50.6 Å². The Kier molecular flexibility index (Phi) is 5.15. The second-order valence-corrected chi connectivity index (χ2v) is 6.09. The van der Waals surface area contributed by atoms with E-state index in [1.54, 1.807) is 6.92 Å². The van der Waals surface area contributed by atoms with E-state index >= 15 is 0 Å². The highest BCUT2D eigenvalue weighted by Crippen LogP contribution is 2.17. The standard InChI is InChI=1S/C18H24N4O2/c1-15-14-22(17-6-4-3-5-7-17)19-18(15)24-13-12-20-8-10-21(11-9-20)16(2)23/h3-7,14H,8-13H2,1-2H3. The van der Waals surface area contributed by atoms with E-state index in [0.29, 0.717) is 12.5 Å². The van der Waals surface area contributed by atoms with Crippen LogP contribution >= 0.6 is 0 Å². The van der Waals surface area contributed by atoms with Crippen LogP contribution in [0.15, 0.2) is 36.5 Å². The summed E-state index contributed by atoms with van der Waals surface area (Å²) in [5.41, 5.74) is 2.05. The lowest BCUT2D eigenvalue weighted by molar-refractivity contribution is -0.130. The summed E-state index contributed by atoms with van der Waals surface area (Å²) < 4.78 is 7.71. The van der Waals surface area contributed by atoms with Crippen molar-refractivity contribution in [1.82, 2.24) is 19.6 Å². The summed E-state index contributed by atoms with van der Waals surface area (Å²) in [6.07, 6.45) is 1.98. The fraction of sp³-hybridized carbons (Fsp3) is 0.444. The quantitative estimate of drug-likeness (QED) is 0.839. The predicted molar refractivity (Wildman–Crippen MR) is 92.5 cm³/mol. The molecule has 0 aliphatic carbocycles. The zero-order chi connectivity index (χ0) is 16.9. The maximum Gasteiger partial charge on any atom is 0.236 e. The van der Waals surface area contributed by atoms with Gasteiger partial charge in [0.15, 0.2) is 0 Å². The highest BCUT2D eigenvalue weighted by atomic mass is 16.5. The third kappa shape index (κ3) is 3.94. The number of amides is 1. The van der Waals surface area contributed by atoms with Gasteiger partial charge in [0.25, 0.3) is 0 Å². The van der Waals surface area contributed by atoms with E-state index in [1.807, 2.05) is 53.0 Å². The molecule has 6 nitrogen and oxygen atoms in total. The second kappa shape index (κ2) is 7.49. The average molecular weight is 328 g/mol. The van der Waals surface area contributed by atoms with Gasteiger partial charge in [-0.1, -0.05) is 18.2 Å². The fourth-order valence-corrected chi connectivity index (χ4v) is 2.86. The SMILES string of the molecule is CC(=O)N1CCN(CCOc2nn(-c3ccccc3)cc2C)CC1. The van der Waals surface area contributed by atoms with Crippen molar-refractivity contribution in [2.24, 2.45) is 0 Å². The van der Waals surface area contributed by atoms with Crippen LogP contribution in [0.5, 0.6) is 5.88 Å². The number of para-hydroxylation sites is 1. The number of carbonyl (C=O) groups excluding carboxylic acids is 1. The third-order valence-corrected chi connectivity index (χ3v) is 4.34. The summed E-state index contributed by atoms with van der Waals surface area (Å²) in [6, 6.07) is 10.0. The van der Waals surface area contributed by atoms with E-state index in [9.17, 15) is 4.79 Å². The molecule has 2 aromatic rings. The largest absolute Gasteiger partial charge is 0.475 e. The molecule has 0 saturated carbocycles. The molecule has 0 spiro atoms. The predicted octanol–water partition coefficient (Wildman–Crippen LogP) is 1.72. The van der Waals surface area contributed by atoms with Crippen molar-refractivity contribution >= 4 is 5.91 Å². The van der Waals surface area contributed by atoms with Gasteiger partial charge >= 0.3 is 0 Å².